The van der Waals surface area contributed by atoms with Crippen LogP contribution in [0.5, 0.6) is 0 Å². The highest BCUT2D eigenvalue weighted by atomic mass is 16.2. The minimum absolute atomic E-state index is 0.0111. The first-order valence-corrected chi connectivity index (χ1v) is 11.4. The maximum atomic E-state index is 13.3. The van der Waals surface area contributed by atoms with E-state index < -0.39 is 6.04 Å². The third kappa shape index (κ3) is 7.86. The van der Waals surface area contributed by atoms with E-state index in [9.17, 15) is 9.59 Å². The molecule has 2 rings (SSSR count). The average molecular weight is 423 g/mol. The number of aryl methyl sites for hydroxylation is 3. The predicted molar refractivity (Wildman–Crippen MR) is 128 cm³/mol. The van der Waals surface area contributed by atoms with Crippen molar-refractivity contribution in [3.63, 3.8) is 0 Å². The van der Waals surface area contributed by atoms with Crippen LogP contribution in [0.3, 0.4) is 0 Å². The third-order valence-electron chi connectivity index (χ3n) is 5.38. The normalized spacial score (nSPS) is 12.3. The summed E-state index contributed by atoms with van der Waals surface area (Å²) in [5.41, 5.74) is 4.29. The first-order chi connectivity index (χ1) is 14.6. The molecule has 0 heterocycles. The standard InChI is InChI=1S/C27H38N2O2/c1-7-21-12-14-22(15-13-21)16-17-25(30)29(19-23-11-9-10-20(3)18-23)24(8-2)26(31)28-27(4,5)6/h9-15,18,24H,7-8,16-17,19H2,1-6H3,(H,28,31). The van der Waals surface area contributed by atoms with Crippen LogP contribution in [0, 0.1) is 6.92 Å². The van der Waals surface area contributed by atoms with Gasteiger partial charge in [-0.05, 0) is 63.6 Å². The van der Waals surface area contributed by atoms with Crippen LogP contribution in [0.1, 0.15) is 69.7 Å². The van der Waals surface area contributed by atoms with E-state index >= 15 is 0 Å². The Bertz CT molecular complexity index is 866. The molecule has 168 valence electrons. The molecule has 0 saturated heterocycles. The van der Waals surface area contributed by atoms with Crippen LogP contribution in [0.4, 0.5) is 0 Å². The SMILES string of the molecule is CCc1ccc(CCC(=O)N(Cc2cccc(C)c2)C(CC)C(=O)NC(C)(C)C)cc1. The van der Waals surface area contributed by atoms with Gasteiger partial charge in [0.1, 0.15) is 6.04 Å². The van der Waals surface area contributed by atoms with Gasteiger partial charge >= 0.3 is 0 Å². The van der Waals surface area contributed by atoms with Gasteiger partial charge in [-0.1, -0.05) is 67.9 Å². The molecule has 0 aromatic heterocycles. The van der Waals surface area contributed by atoms with E-state index in [-0.39, 0.29) is 17.4 Å². The van der Waals surface area contributed by atoms with Crippen molar-refractivity contribution in [3.8, 4) is 0 Å². The molecule has 1 unspecified atom stereocenters. The minimum atomic E-state index is -0.491. The number of rotatable bonds is 9. The van der Waals surface area contributed by atoms with Gasteiger partial charge in [0.25, 0.3) is 0 Å². The van der Waals surface area contributed by atoms with Crippen molar-refractivity contribution in [2.24, 2.45) is 0 Å². The third-order valence-corrected chi connectivity index (χ3v) is 5.38. The van der Waals surface area contributed by atoms with Crippen molar-refractivity contribution in [1.82, 2.24) is 10.2 Å². The molecule has 1 N–H and O–H groups in total. The second-order valence-corrected chi connectivity index (χ2v) is 9.34. The van der Waals surface area contributed by atoms with E-state index in [1.54, 1.807) is 4.90 Å². The Morgan fingerprint density at radius 3 is 2.16 bits per heavy atom. The second kappa shape index (κ2) is 11.1. The van der Waals surface area contributed by atoms with Crippen LogP contribution in [-0.2, 0) is 29.0 Å². The number of benzene rings is 2. The van der Waals surface area contributed by atoms with Crippen LogP contribution in [-0.4, -0.2) is 28.3 Å². The molecule has 1 atom stereocenters. The summed E-state index contributed by atoms with van der Waals surface area (Å²) in [6, 6.07) is 16.1. The molecule has 2 amide bonds. The van der Waals surface area contributed by atoms with E-state index in [0.29, 0.717) is 25.8 Å². The zero-order valence-corrected chi connectivity index (χ0v) is 20.0. The Hall–Kier alpha value is -2.62. The van der Waals surface area contributed by atoms with Crippen molar-refractivity contribution in [1.29, 1.82) is 0 Å². The van der Waals surface area contributed by atoms with Gasteiger partial charge in [0.05, 0.1) is 0 Å². The first-order valence-electron chi connectivity index (χ1n) is 11.4. The summed E-state index contributed by atoms with van der Waals surface area (Å²) in [5, 5.41) is 3.06. The molecular formula is C27H38N2O2. The van der Waals surface area contributed by atoms with E-state index in [1.165, 1.54) is 5.56 Å². The van der Waals surface area contributed by atoms with Gasteiger partial charge in [0, 0.05) is 18.5 Å². The van der Waals surface area contributed by atoms with Crippen molar-refractivity contribution in [3.05, 3.63) is 70.8 Å². The molecule has 4 nitrogen and oxygen atoms in total. The Morgan fingerprint density at radius 2 is 1.61 bits per heavy atom. The van der Waals surface area contributed by atoms with Crippen LogP contribution >= 0.6 is 0 Å². The minimum Gasteiger partial charge on any atom is -0.350 e. The van der Waals surface area contributed by atoms with Gasteiger partial charge in [0.2, 0.25) is 11.8 Å². The second-order valence-electron chi connectivity index (χ2n) is 9.34. The fourth-order valence-electron chi connectivity index (χ4n) is 3.72. The molecule has 0 spiro atoms. The lowest BCUT2D eigenvalue weighted by Gasteiger charge is -2.33. The first kappa shape index (κ1) is 24.6. The van der Waals surface area contributed by atoms with Crippen molar-refractivity contribution in [2.75, 3.05) is 0 Å². The molecule has 0 aliphatic heterocycles. The summed E-state index contributed by atoms with van der Waals surface area (Å²) in [4.78, 5) is 28.1. The Balaban J connectivity index is 2.21. The smallest absolute Gasteiger partial charge is 0.243 e. The van der Waals surface area contributed by atoms with E-state index in [0.717, 1.165) is 23.1 Å². The monoisotopic (exact) mass is 422 g/mol. The molecule has 31 heavy (non-hydrogen) atoms. The lowest BCUT2D eigenvalue weighted by Crippen LogP contribution is -2.53. The number of nitrogens with one attached hydrogen (secondary N) is 1. The molecule has 4 heteroatoms. The average Bonchev–Trinajstić information content (AvgIpc) is 2.71. The summed E-state index contributed by atoms with van der Waals surface area (Å²) >= 11 is 0. The highest BCUT2D eigenvalue weighted by Gasteiger charge is 2.30. The molecule has 0 aliphatic carbocycles. The fraction of sp³-hybridized carbons (Fsp3) is 0.481. The maximum absolute atomic E-state index is 13.3. The summed E-state index contributed by atoms with van der Waals surface area (Å²) < 4.78 is 0. The van der Waals surface area contributed by atoms with Gasteiger partial charge in [-0.2, -0.15) is 0 Å². The quantitative estimate of drug-likeness (QED) is 0.603. The van der Waals surface area contributed by atoms with Crippen LogP contribution in [0.15, 0.2) is 48.5 Å². The molecule has 0 radical (unpaired) electrons. The summed E-state index contributed by atoms with van der Waals surface area (Å²) in [6.45, 7) is 12.5. The highest BCUT2D eigenvalue weighted by Crippen LogP contribution is 2.17. The lowest BCUT2D eigenvalue weighted by atomic mass is 10.0. The maximum Gasteiger partial charge on any atom is 0.243 e. The molecule has 2 aromatic rings. The molecule has 2 aromatic carbocycles. The highest BCUT2D eigenvalue weighted by molar-refractivity contribution is 5.88. The topological polar surface area (TPSA) is 49.4 Å². The van der Waals surface area contributed by atoms with Crippen molar-refractivity contribution in [2.45, 2.75) is 85.4 Å². The van der Waals surface area contributed by atoms with E-state index in [2.05, 4.69) is 42.6 Å². The zero-order valence-electron chi connectivity index (χ0n) is 20.0. The number of nitrogens with zero attached hydrogens (tertiary/aromatic N) is 1. The summed E-state index contributed by atoms with van der Waals surface area (Å²) in [5.74, 6) is -0.0831. The number of carbonyl (C=O) groups excluding carboxylic acids is 2. The van der Waals surface area contributed by atoms with Gasteiger partial charge in [-0.15, -0.1) is 0 Å². The van der Waals surface area contributed by atoms with Crippen LogP contribution in [0.25, 0.3) is 0 Å². The van der Waals surface area contributed by atoms with Crippen LogP contribution < -0.4 is 5.32 Å². The van der Waals surface area contributed by atoms with Crippen molar-refractivity contribution < 1.29 is 9.59 Å². The van der Waals surface area contributed by atoms with Gasteiger partial charge in [-0.25, -0.2) is 0 Å². The largest absolute Gasteiger partial charge is 0.350 e. The number of amides is 2. The molecule has 0 saturated carbocycles. The van der Waals surface area contributed by atoms with Gasteiger partial charge < -0.3 is 10.2 Å². The van der Waals surface area contributed by atoms with E-state index in [1.807, 2.05) is 52.8 Å². The Morgan fingerprint density at radius 1 is 0.968 bits per heavy atom. The zero-order chi connectivity index (χ0) is 23.0. The number of hydrogen-bond donors (Lipinski definition) is 1. The van der Waals surface area contributed by atoms with Gasteiger partial charge in [0.15, 0.2) is 0 Å². The molecule has 0 fully saturated rings. The lowest BCUT2D eigenvalue weighted by molar-refractivity contribution is -0.142. The molecule has 0 aliphatic rings. The Kier molecular flexibility index (Phi) is 8.85. The predicted octanol–water partition coefficient (Wildman–Crippen LogP) is 5.21. The molecule has 0 bridgehead atoms. The van der Waals surface area contributed by atoms with E-state index in [4.69, 9.17) is 0 Å². The van der Waals surface area contributed by atoms with Crippen molar-refractivity contribution >= 4 is 11.8 Å². The molecular weight excluding hydrogens is 384 g/mol. The Labute approximate surface area is 188 Å². The fourth-order valence-corrected chi connectivity index (χ4v) is 3.72. The van der Waals surface area contributed by atoms with Crippen LogP contribution in [0.2, 0.25) is 0 Å². The number of carbonyl (C=O) groups is 2. The summed E-state index contributed by atoms with van der Waals surface area (Å²) in [7, 11) is 0. The van der Waals surface area contributed by atoms with Gasteiger partial charge in [-0.3, -0.25) is 9.59 Å². The number of hydrogen-bond acceptors (Lipinski definition) is 2. The summed E-state index contributed by atoms with van der Waals surface area (Å²) in [6.07, 6.45) is 2.64.